The first kappa shape index (κ1) is 14.7. The zero-order valence-electron chi connectivity index (χ0n) is 11.2. The average molecular weight is 303 g/mol. The molecule has 0 N–H and O–H groups in total. The molecule has 1 aliphatic carbocycles. The summed E-state index contributed by atoms with van der Waals surface area (Å²) in [6.45, 7) is 4.03. The highest BCUT2D eigenvalue weighted by Crippen LogP contribution is 2.32. The lowest BCUT2D eigenvalue weighted by molar-refractivity contribution is 0.126. The lowest BCUT2D eigenvalue weighted by atomic mass is 9.89. The minimum absolute atomic E-state index is 0.0763. The Morgan fingerprint density at radius 1 is 1.32 bits per heavy atom. The lowest BCUT2D eigenvalue weighted by Crippen LogP contribution is -2.24. The summed E-state index contributed by atoms with van der Waals surface area (Å²) < 4.78 is 29.1. The Kier molecular flexibility index (Phi) is 4.41. The van der Waals surface area contributed by atoms with E-state index in [4.69, 9.17) is 15.4 Å². The number of rotatable bonds is 3. The quantitative estimate of drug-likeness (QED) is 0.796. The van der Waals surface area contributed by atoms with Gasteiger partial charge in [-0.2, -0.15) is 0 Å². The van der Waals surface area contributed by atoms with Crippen molar-refractivity contribution in [3.8, 4) is 5.75 Å². The third-order valence-electron chi connectivity index (χ3n) is 3.54. The Hall–Kier alpha value is -0.740. The van der Waals surface area contributed by atoms with Crippen molar-refractivity contribution in [2.24, 2.45) is 5.92 Å². The maximum atomic E-state index is 11.6. The van der Waals surface area contributed by atoms with Gasteiger partial charge in [-0.1, -0.05) is 19.4 Å². The summed E-state index contributed by atoms with van der Waals surface area (Å²) in [5, 5.41) is 0. The molecule has 0 spiro atoms. The number of hydrogen-bond donors (Lipinski definition) is 0. The van der Waals surface area contributed by atoms with Crippen LogP contribution in [0.1, 0.15) is 38.2 Å². The van der Waals surface area contributed by atoms with Crippen molar-refractivity contribution in [2.75, 3.05) is 0 Å². The van der Waals surface area contributed by atoms with Crippen molar-refractivity contribution < 1.29 is 13.2 Å². The van der Waals surface area contributed by atoms with Crippen molar-refractivity contribution >= 4 is 19.7 Å². The Morgan fingerprint density at radius 3 is 2.68 bits per heavy atom. The summed E-state index contributed by atoms with van der Waals surface area (Å²) in [7, 11) is 1.70. The van der Waals surface area contributed by atoms with Gasteiger partial charge < -0.3 is 4.74 Å². The summed E-state index contributed by atoms with van der Waals surface area (Å²) in [6, 6.07) is 5.10. The van der Waals surface area contributed by atoms with Gasteiger partial charge in [-0.3, -0.25) is 0 Å². The molecular formula is C14H19ClO3S. The van der Waals surface area contributed by atoms with Gasteiger partial charge in [0.15, 0.2) is 0 Å². The molecule has 2 rings (SSSR count). The van der Waals surface area contributed by atoms with Gasteiger partial charge in [0.05, 0.1) is 6.10 Å². The first-order valence-electron chi connectivity index (χ1n) is 6.58. The molecule has 0 aromatic heterocycles. The third-order valence-corrected chi connectivity index (χ3v) is 4.89. The van der Waals surface area contributed by atoms with Crippen LogP contribution in [0.3, 0.4) is 0 Å². The van der Waals surface area contributed by atoms with Gasteiger partial charge in [0.2, 0.25) is 0 Å². The molecule has 1 saturated carbocycles. The maximum Gasteiger partial charge on any atom is 0.264 e. The molecule has 1 aromatic rings. The summed E-state index contributed by atoms with van der Waals surface area (Å²) in [6.07, 6.45) is 4.37. The predicted octanol–water partition coefficient (Wildman–Crippen LogP) is 3.88. The van der Waals surface area contributed by atoms with Crippen LogP contribution in [-0.2, 0) is 9.05 Å². The summed E-state index contributed by atoms with van der Waals surface area (Å²) >= 11 is 0. The molecule has 2 atom stereocenters. The third kappa shape index (κ3) is 3.86. The zero-order valence-corrected chi connectivity index (χ0v) is 12.8. The monoisotopic (exact) mass is 302 g/mol. The summed E-state index contributed by atoms with van der Waals surface area (Å²) in [4.78, 5) is 0.0763. The van der Waals surface area contributed by atoms with Crippen molar-refractivity contribution in [1.29, 1.82) is 0 Å². The highest BCUT2D eigenvalue weighted by atomic mass is 35.7. The lowest BCUT2D eigenvalue weighted by Gasteiger charge is -2.28. The standard InChI is InChI=1S/C14H19ClO3S/c1-10-4-3-5-12(8-10)18-13-7-6-11(2)9-14(13)19(15,16)17/h6-7,9-10,12H,3-5,8H2,1-2H3. The van der Waals surface area contributed by atoms with Crippen LogP contribution >= 0.6 is 10.7 Å². The van der Waals surface area contributed by atoms with Gasteiger partial charge in [0, 0.05) is 10.7 Å². The van der Waals surface area contributed by atoms with Crippen LogP contribution in [0.4, 0.5) is 0 Å². The highest BCUT2D eigenvalue weighted by Gasteiger charge is 2.23. The van der Waals surface area contributed by atoms with E-state index in [0.29, 0.717) is 11.7 Å². The molecule has 0 heterocycles. The molecule has 0 aliphatic heterocycles. The normalized spacial score (nSPS) is 24.2. The van der Waals surface area contributed by atoms with E-state index in [2.05, 4.69) is 6.92 Å². The molecule has 1 fully saturated rings. The van der Waals surface area contributed by atoms with E-state index < -0.39 is 9.05 Å². The number of hydrogen-bond acceptors (Lipinski definition) is 3. The van der Waals surface area contributed by atoms with Crippen LogP contribution in [0.5, 0.6) is 5.75 Å². The number of aryl methyl sites for hydroxylation is 1. The van der Waals surface area contributed by atoms with Gasteiger partial charge in [0.1, 0.15) is 10.6 Å². The SMILES string of the molecule is Cc1ccc(OC2CCCC(C)C2)c(S(=O)(=O)Cl)c1. The molecule has 106 valence electrons. The number of halogens is 1. The van der Waals surface area contributed by atoms with Gasteiger partial charge in [-0.05, 0) is 49.8 Å². The molecule has 5 heteroatoms. The van der Waals surface area contributed by atoms with Crippen molar-refractivity contribution in [3.63, 3.8) is 0 Å². The van der Waals surface area contributed by atoms with Crippen LogP contribution in [0.15, 0.2) is 23.1 Å². The van der Waals surface area contributed by atoms with Crippen LogP contribution in [0, 0.1) is 12.8 Å². The van der Waals surface area contributed by atoms with Crippen LogP contribution < -0.4 is 4.74 Å². The molecule has 0 saturated heterocycles. The number of benzene rings is 1. The Labute approximate surface area is 119 Å². The minimum atomic E-state index is -3.77. The Bertz CT molecular complexity index is 554. The second kappa shape index (κ2) is 5.71. The first-order chi connectivity index (χ1) is 8.86. The molecular weight excluding hydrogens is 284 g/mol. The second-order valence-electron chi connectivity index (χ2n) is 5.40. The fraction of sp³-hybridized carbons (Fsp3) is 0.571. The van der Waals surface area contributed by atoms with E-state index >= 15 is 0 Å². The van der Waals surface area contributed by atoms with Crippen LogP contribution in [-0.4, -0.2) is 14.5 Å². The predicted molar refractivity (Wildman–Crippen MR) is 76.3 cm³/mol. The highest BCUT2D eigenvalue weighted by molar-refractivity contribution is 8.13. The molecule has 0 amide bonds. The summed E-state index contributed by atoms with van der Waals surface area (Å²) in [5.41, 5.74) is 0.851. The van der Waals surface area contributed by atoms with Crippen molar-refractivity contribution in [3.05, 3.63) is 23.8 Å². The van der Waals surface area contributed by atoms with Gasteiger partial charge in [-0.25, -0.2) is 8.42 Å². The van der Waals surface area contributed by atoms with Crippen LogP contribution in [0.2, 0.25) is 0 Å². The van der Waals surface area contributed by atoms with E-state index in [1.165, 1.54) is 6.42 Å². The average Bonchev–Trinajstić information content (AvgIpc) is 2.30. The van der Waals surface area contributed by atoms with E-state index in [-0.39, 0.29) is 11.0 Å². The van der Waals surface area contributed by atoms with Crippen molar-refractivity contribution in [2.45, 2.75) is 50.5 Å². The molecule has 0 bridgehead atoms. The molecule has 1 aliphatic rings. The largest absolute Gasteiger partial charge is 0.489 e. The van der Waals surface area contributed by atoms with Gasteiger partial charge in [-0.15, -0.1) is 0 Å². The van der Waals surface area contributed by atoms with Crippen LogP contribution in [0.25, 0.3) is 0 Å². The maximum absolute atomic E-state index is 11.6. The minimum Gasteiger partial charge on any atom is -0.489 e. The Morgan fingerprint density at radius 2 is 2.05 bits per heavy atom. The molecule has 19 heavy (non-hydrogen) atoms. The van der Waals surface area contributed by atoms with Gasteiger partial charge in [0.25, 0.3) is 9.05 Å². The topological polar surface area (TPSA) is 43.4 Å². The summed E-state index contributed by atoms with van der Waals surface area (Å²) in [5.74, 6) is 1.000. The molecule has 3 nitrogen and oxygen atoms in total. The smallest absolute Gasteiger partial charge is 0.264 e. The van der Waals surface area contributed by atoms with E-state index in [1.807, 2.05) is 13.0 Å². The van der Waals surface area contributed by atoms with Crippen molar-refractivity contribution in [1.82, 2.24) is 0 Å². The van der Waals surface area contributed by atoms with E-state index in [9.17, 15) is 8.42 Å². The Balaban J connectivity index is 2.25. The molecule has 1 aromatic carbocycles. The fourth-order valence-corrected chi connectivity index (χ4v) is 3.61. The molecule has 0 radical (unpaired) electrons. The zero-order chi connectivity index (χ0) is 14.0. The van der Waals surface area contributed by atoms with E-state index in [1.54, 1.807) is 12.1 Å². The van der Waals surface area contributed by atoms with Gasteiger partial charge >= 0.3 is 0 Å². The second-order valence-corrected chi connectivity index (χ2v) is 7.93. The fourth-order valence-electron chi connectivity index (χ4n) is 2.57. The molecule has 2 unspecified atom stereocenters. The first-order valence-corrected chi connectivity index (χ1v) is 8.89. The number of ether oxygens (including phenoxy) is 1. The van der Waals surface area contributed by atoms with E-state index in [0.717, 1.165) is 24.8 Å².